The molecule has 1 aromatic carbocycles. The van der Waals surface area contributed by atoms with Crippen LogP contribution in [0.3, 0.4) is 0 Å². The van der Waals surface area contributed by atoms with Crippen LogP contribution in [0.25, 0.3) is 0 Å². The zero-order valence-electron chi connectivity index (χ0n) is 12.1. The van der Waals surface area contributed by atoms with E-state index in [9.17, 15) is 0 Å². The predicted octanol–water partition coefficient (Wildman–Crippen LogP) is 3.31. The van der Waals surface area contributed by atoms with Gasteiger partial charge < -0.3 is 10.1 Å². The van der Waals surface area contributed by atoms with Crippen molar-refractivity contribution < 1.29 is 4.74 Å². The van der Waals surface area contributed by atoms with E-state index >= 15 is 0 Å². The summed E-state index contributed by atoms with van der Waals surface area (Å²) in [4.78, 5) is 4.38. The van der Waals surface area contributed by atoms with Crippen molar-refractivity contribution in [2.24, 2.45) is 0 Å². The molecule has 0 amide bonds. The van der Waals surface area contributed by atoms with Gasteiger partial charge in [0.2, 0.25) is 0 Å². The number of nitrogens with one attached hydrogen (secondary N) is 1. The highest BCUT2D eigenvalue weighted by molar-refractivity contribution is 7.09. The van der Waals surface area contributed by atoms with Crippen LogP contribution >= 0.6 is 11.3 Å². The van der Waals surface area contributed by atoms with E-state index in [0.29, 0.717) is 6.04 Å². The fraction of sp³-hybridized carbons (Fsp3) is 0.438. The monoisotopic (exact) mass is 290 g/mol. The molecule has 3 nitrogen and oxygen atoms in total. The molecule has 0 aliphatic heterocycles. The SMILES string of the molecule is CCNC(CCc1ccc(OC)cc1)Cc1nccs1. The minimum atomic E-state index is 0.494. The van der Waals surface area contributed by atoms with Crippen LogP contribution < -0.4 is 10.1 Å². The molecule has 108 valence electrons. The van der Waals surface area contributed by atoms with Crippen molar-refractivity contribution in [3.8, 4) is 5.75 Å². The van der Waals surface area contributed by atoms with Gasteiger partial charge in [-0.1, -0.05) is 19.1 Å². The Kier molecular flexibility index (Phi) is 6.02. The number of hydrogen-bond donors (Lipinski definition) is 1. The van der Waals surface area contributed by atoms with Crippen LogP contribution in [0.2, 0.25) is 0 Å². The Bertz CT molecular complexity index is 482. The zero-order valence-corrected chi connectivity index (χ0v) is 13.0. The van der Waals surface area contributed by atoms with E-state index in [1.165, 1.54) is 10.6 Å². The Morgan fingerprint density at radius 3 is 2.70 bits per heavy atom. The fourth-order valence-electron chi connectivity index (χ4n) is 2.26. The molecular weight excluding hydrogens is 268 g/mol. The maximum absolute atomic E-state index is 5.18. The van der Waals surface area contributed by atoms with Gasteiger partial charge in [-0.2, -0.15) is 0 Å². The first-order chi connectivity index (χ1) is 9.81. The predicted molar refractivity (Wildman–Crippen MR) is 84.6 cm³/mol. The Labute approximate surface area is 125 Å². The number of aryl methyl sites for hydroxylation is 1. The highest BCUT2D eigenvalue weighted by atomic mass is 32.1. The molecule has 0 radical (unpaired) electrons. The van der Waals surface area contributed by atoms with Crippen molar-refractivity contribution in [1.82, 2.24) is 10.3 Å². The fourth-order valence-corrected chi connectivity index (χ4v) is 2.96. The second-order valence-corrected chi connectivity index (χ2v) is 5.75. The van der Waals surface area contributed by atoms with Gasteiger partial charge in [-0.15, -0.1) is 11.3 Å². The van der Waals surface area contributed by atoms with Crippen LogP contribution in [0.5, 0.6) is 5.75 Å². The van der Waals surface area contributed by atoms with Crippen molar-refractivity contribution in [2.45, 2.75) is 32.2 Å². The maximum Gasteiger partial charge on any atom is 0.118 e. The quantitative estimate of drug-likeness (QED) is 0.810. The summed E-state index contributed by atoms with van der Waals surface area (Å²) >= 11 is 1.74. The molecule has 1 heterocycles. The number of likely N-dealkylation sites (N-methyl/N-ethyl adjacent to an activating group) is 1. The average Bonchev–Trinajstić information content (AvgIpc) is 2.98. The number of aromatic nitrogens is 1. The molecule has 1 N–H and O–H groups in total. The molecule has 0 aliphatic carbocycles. The van der Waals surface area contributed by atoms with Crippen molar-refractivity contribution in [3.63, 3.8) is 0 Å². The van der Waals surface area contributed by atoms with Gasteiger partial charge in [-0.25, -0.2) is 4.98 Å². The Morgan fingerprint density at radius 2 is 2.10 bits per heavy atom. The second kappa shape index (κ2) is 8.02. The number of hydrogen-bond acceptors (Lipinski definition) is 4. The summed E-state index contributed by atoms with van der Waals surface area (Å²) in [6.45, 7) is 3.15. The van der Waals surface area contributed by atoms with Crippen LogP contribution in [-0.4, -0.2) is 24.7 Å². The Morgan fingerprint density at radius 1 is 1.30 bits per heavy atom. The molecule has 0 aliphatic rings. The summed E-state index contributed by atoms with van der Waals surface area (Å²) in [7, 11) is 1.70. The van der Waals surface area contributed by atoms with Crippen molar-refractivity contribution in [1.29, 1.82) is 0 Å². The lowest BCUT2D eigenvalue weighted by Gasteiger charge is -2.16. The second-order valence-electron chi connectivity index (χ2n) is 4.77. The molecule has 0 saturated heterocycles. The molecule has 2 rings (SSSR count). The molecule has 20 heavy (non-hydrogen) atoms. The highest BCUT2D eigenvalue weighted by Crippen LogP contribution is 2.15. The standard InChI is InChI=1S/C16H22N2OS/c1-3-17-14(12-16-18-10-11-20-16)7-4-13-5-8-15(19-2)9-6-13/h5-6,8-11,14,17H,3-4,7,12H2,1-2H3. The van der Waals surface area contributed by atoms with E-state index in [-0.39, 0.29) is 0 Å². The molecule has 1 atom stereocenters. The number of rotatable bonds is 8. The highest BCUT2D eigenvalue weighted by Gasteiger charge is 2.10. The Hall–Kier alpha value is -1.39. The summed E-state index contributed by atoms with van der Waals surface area (Å²) in [5.41, 5.74) is 1.35. The number of benzene rings is 1. The van der Waals surface area contributed by atoms with E-state index in [2.05, 4.69) is 29.4 Å². The van der Waals surface area contributed by atoms with Crippen molar-refractivity contribution in [3.05, 3.63) is 46.4 Å². The maximum atomic E-state index is 5.18. The zero-order chi connectivity index (χ0) is 14.2. The number of thiazole rings is 1. The number of nitrogens with zero attached hydrogens (tertiary/aromatic N) is 1. The van der Waals surface area contributed by atoms with E-state index in [4.69, 9.17) is 4.74 Å². The summed E-state index contributed by atoms with van der Waals surface area (Å²) in [6, 6.07) is 8.83. The average molecular weight is 290 g/mol. The molecule has 0 fully saturated rings. The third-order valence-electron chi connectivity index (χ3n) is 3.34. The molecule has 4 heteroatoms. The smallest absolute Gasteiger partial charge is 0.118 e. The van der Waals surface area contributed by atoms with Gasteiger partial charge in [0.1, 0.15) is 5.75 Å². The van der Waals surface area contributed by atoms with E-state index in [1.54, 1.807) is 18.4 Å². The number of ether oxygens (including phenoxy) is 1. The summed E-state index contributed by atoms with van der Waals surface area (Å²) < 4.78 is 5.18. The molecule has 0 saturated carbocycles. The van der Waals surface area contributed by atoms with Gasteiger partial charge >= 0.3 is 0 Å². The first-order valence-electron chi connectivity index (χ1n) is 7.06. The van der Waals surface area contributed by atoms with Crippen molar-refractivity contribution in [2.75, 3.05) is 13.7 Å². The van der Waals surface area contributed by atoms with E-state index in [0.717, 1.165) is 31.6 Å². The van der Waals surface area contributed by atoms with Gasteiger partial charge in [0.05, 0.1) is 12.1 Å². The lowest BCUT2D eigenvalue weighted by molar-refractivity contribution is 0.414. The first kappa shape index (κ1) is 15.0. The van der Waals surface area contributed by atoms with Crippen LogP contribution in [0.4, 0.5) is 0 Å². The van der Waals surface area contributed by atoms with Crippen LogP contribution in [0.1, 0.15) is 23.9 Å². The summed E-state index contributed by atoms with van der Waals surface area (Å²) in [5, 5.41) is 6.81. The molecule has 0 spiro atoms. The number of methoxy groups -OCH3 is 1. The lowest BCUT2D eigenvalue weighted by atomic mass is 10.0. The largest absolute Gasteiger partial charge is 0.497 e. The van der Waals surface area contributed by atoms with Gasteiger partial charge in [0.25, 0.3) is 0 Å². The van der Waals surface area contributed by atoms with Crippen LogP contribution in [0, 0.1) is 0 Å². The minimum absolute atomic E-state index is 0.494. The topological polar surface area (TPSA) is 34.1 Å². The van der Waals surface area contributed by atoms with Crippen LogP contribution in [0.15, 0.2) is 35.8 Å². The summed E-state index contributed by atoms with van der Waals surface area (Å²) in [6.07, 6.45) is 5.10. The van der Waals surface area contributed by atoms with Gasteiger partial charge in [0, 0.05) is 24.0 Å². The van der Waals surface area contributed by atoms with Crippen LogP contribution in [-0.2, 0) is 12.8 Å². The third kappa shape index (κ3) is 4.62. The van der Waals surface area contributed by atoms with E-state index < -0.39 is 0 Å². The minimum Gasteiger partial charge on any atom is -0.497 e. The Balaban J connectivity index is 1.87. The summed E-state index contributed by atoms with van der Waals surface area (Å²) in [5.74, 6) is 0.916. The van der Waals surface area contributed by atoms with Gasteiger partial charge in [-0.05, 0) is 37.1 Å². The molecule has 1 aromatic heterocycles. The van der Waals surface area contributed by atoms with Gasteiger partial charge in [0.15, 0.2) is 0 Å². The lowest BCUT2D eigenvalue weighted by Crippen LogP contribution is -2.31. The molecule has 0 bridgehead atoms. The third-order valence-corrected chi connectivity index (χ3v) is 4.14. The molecule has 1 unspecified atom stereocenters. The van der Waals surface area contributed by atoms with Gasteiger partial charge in [-0.3, -0.25) is 0 Å². The first-order valence-corrected chi connectivity index (χ1v) is 7.94. The normalized spacial score (nSPS) is 12.3. The van der Waals surface area contributed by atoms with Crippen molar-refractivity contribution >= 4 is 11.3 Å². The molecule has 2 aromatic rings. The molecular formula is C16H22N2OS. The van der Waals surface area contributed by atoms with E-state index in [1.807, 2.05) is 23.7 Å².